The van der Waals surface area contributed by atoms with Gasteiger partial charge in [0.15, 0.2) is 13.2 Å². The Morgan fingerprint density at radius 3 is 2.83 bits per heavy atom. The maximum absolute atomic E-state index is 12.5. The van der Waals surface area contributed by atoms with Gasteiger partial charge < -0.3 is 9.84 Å². The Morgan fingerprint density at radius 1 is 1.31 bits per heavy atom. The molecule has 0 fully saturated rings. The fourth-order valence-electron chi connectivity index (χ4n) is 3.65. The van der Waals surface area contributed by atoms with Gasteiger partial charge in [-0.2, -0.15) is 4.68 Å². The highest BCUT2D eigenvalue weighted by molar-refractivity contribution is 5.95. The molecule has 4 heterocycles. The molecule has 4 rings (SSSR count). The first kappa shape index (κ1) is 18.9. The first-order chi connectivity index (χ1) is 13.9. The summed E-state index contributed by atoms with van der Waals surface area (Å²) in [5.41, 5.74) is 5.18. The van der Waals surface area contributed by atoms with E-state index in [1.54, 1.807) is 18.3 Å². The van der Waals surface area contributed by atoms with Crippen molar-refractivity contribution in [2.75, 3.05) is 6.54 Å². The third-order valence-corrected chi connectivity index (χ3v) is 5.06. The van der Waals surface area contributed by atoms with Gasteiger partial charge in [0.05, 0.1) is 35.9 Å². The summed E-state index contributed by atoms with van der Waals surface area (Å²) in [6, 6.07) is 3.60. The first-order valence-electron chi connectivity index (χ1n) is 9.65. The summed E-state index contributed by atoms with van der Waals surface area (Å²) in [4.78, 5) is 17.0. The summed E-state index contributed by atoms with van der Waals surface area (Å²) in [7, 11) is 2.02. The number of imidazole rings is 1. The zero-order chi connectivity index (χ0) is 20.5. The number of amides is 1. The number of pyridine rings is 1. The molecule has 0 saturated heterocycles. The minimum Gasteiger partial charge on any atom is -0.361 e. The van der Waals surface area contributed by atoms with Gasteiger partial charge in [-0.05, 0) is 39.3 Å². The summed E-state index contributed by atoms with van der Waals surface area (Å²) >= 11 is 0. The van der Waals surface area contributed by atoms with Crippen LogP contribution in [0.3, 0.4) is 0 Å². The number of nitrogens with zero attached hydrogens (tertiary/aromatic N) is 5. The average Bonchev–Trinajstić information content (AvgIpc) is 3.35. The van der Waals surface area contributed by atoms with Gasteiger partial charge in [0, 0.05) is 23.9 Å². The van der Waals surface area contributed by atoms with Crippen LogP contribution in [0.5, 0.6) is 0 Å². The highest BCUT2D eigenvalue weighted by Crippen LogP contribution is 2.27. The van der Waals surface area contributed by atoms with Crippen LogP contribution in [0.15, 0.2) is 41.4 Å². The van der Waals surface area contributed by atoms with Crippen molar-refractivity contribution in [3.63, 3.8) is 0 Å². The molecule has 0 aliphatic heterocycles. The van der Waals surface area contributed by atoms with Crippen LogP contribution >= 0.6 is 0 Å². The second-order valence-corrected chi connectivity index (χ2v) is 7.33. The molecule has 0 aromatic carbocycles. The topological polar surface area (TPSA) is 81.2 Å². The van der Waals surface area contributed by atoms with Crippen molar-refractivity contribution in [2.24, 2.45) is 7.05 Å². The summed E-state index contributed by atoms with van der Waals surface area (Å²) in [6.45, 7) is 7.32. The van der Waals surface area contributed by atoms with Crippen LogP contribution in [0.1, 0.15) is 33.8 Å². The van der Waals surface area contributed by atoms with E-state index in [0.717, 1.165) is 35.7 Å². The van der Waals surface area contributed by atoms with Crippen LogP contribution in [0.2, 0.25) is 0 Å². The van der Waals surface area contributed by atoms with Crippen molar-refractivity contribution in [3.8, 4) is 11.3 Å². The normalized spacial score (nSPS) is 11.3. The molecule has 8 heteroatoms. The molecule has 0 aliphatic rings. The fraction of sp³-hybridized carbons (Fsp3) is 0.333. The minimum absolute atomic E-state index is 0.0950. The second kappa shape index (κ2) is 7.54. The predicted molar refractivity (Wildman–Crippen MR) is 107 cm³/mol. The second-order valence-electron chi connectivity index (χ2n) is 7.33. The Balaban J connectivity index is 1.43. The maximum atomic E-state index is 12.5. The Morgan fingerprint density at radius 2 is 2.14 bits per heavy atom. The van der Waals surface area contributed by atoms with E-state index in [0.29, 0.717) is 17.8 Å². The molecule has 1 amide bonds. The monoisotopic (exact) mass is 393 g/mol. The summed E-state index contributed by atoms with van der Waals surface area (Å²) < 4.78 is 11.4. The molecule has 150 valence electrons. The fourth-order valence-corrected chi connectivity index (χ4v) is 3.65. The maximum Gasteiger partial charge on any atom is 0.251 e. The van der Waals surface area contributed by atoms with Crippen LogP contribution in [0.4, 0.5) is 0 Å². The van der Waals surface area contributed by atoms with E-state index in [9.17, 15) is 4.79 Å². The van der Waals surface area contributed by atoms with Gasteiger partial charge in [-0.1, -0.05) is 5.16 Å². The van der Waals surface area contributed by atoms with Crippen molar-refractivity contribution >= 4 is 11.6 Å². The largest absolute Gasteiger partial charge is 0.361 e. The van der Waals surface area contributed by atoms with Crippen molar-refractivity contribution in [1.82, 2.24) is 24.5 Å². The van der Waals surface area contributed by atoms with Gasteiger partial charge in [0.25, 0.3) is 5.91 Å². The molecular formula is C21H25N6O2+. The third kappa shape index (κ3) is 3.65. The van der Waals surface area contributed by atoms with Gasteiger partial charge in [-0.3, -0.25) is 9.20 Å². The van der Waals surface area contributed by atoms with Gasteiger partial charge >= 0.3 is 0 Å². The molecule has 1 N–H and O–H groups in total. The van der Waals surface area contributed by atoms with Crippen molar-refractivity contribution < 1.29 is 14.0 Å². The SMILES string of the molecule is Cc1cn(CCCNC(=O)c2ccn3c(-c4c(C)noc4C)cnc3c2)[n+](C)c1. The molecule has 0 aliphatic carbocycles. The summed E-state index contributed by atoms with van der Waals surface area (Å²) in [5, 5.41) is 7.00. The lowest BCUT2D eigenvalue weighted by Gasteiger charge is -2.06. The van der Waals surface area contributed by atoms with Gasteiger partial charge in [-0.25, -0.2) is 4.98 Å². The predicted octanol–water partition coefficient (Wildman–Crippen LogP) is 2.36. The van der Waals surface area contributed by atoms with Crippen LogP contribution in [-0.4, -0.2) is 31.7 Å². The Labute approximate surface area is 168 Å². The number of aromatic nitrogens is 5. The molecule has 0 radical (unpaired) electrons. The highest BCUT2D eigenvalue weighted by Gasteiger charge is 2.16. The number of hydrogen-bond acceptors (Lipinski definition) is 4. The zero-order valence-corrected chi connectivity index (χ0v) is 17.1. The average molecular weight is 393 g/mol. The Bertz CT molecular complexity index is 1160. The smallest absolute Gasteiger partial charge is 0.251 e. The number of hydrogen-bond donors (Lipinski definition) is 1. The van der Waals surface area contributed by atoms with E-state index in [4.69, 9.17) is 4.52 Å². The molecule has 0 bridgehead atoms. The summed E-state index contributed by atoms with van der Waals surface area (Å²) in [6.07, 6.45) is 8.68. The van der Waals surface area contributed by atoms with Crippen molar-refractivity contribution in [3.05, 3.63) is 59.5 Å². The van der Waals surface area contributed by atoms with Crippen LogP contribution < -0.4 is 10.00 Å². The molecule has 0 unspecified atom stereocenters. The molecule has 0 atom stereocenters. The van der Waals surface area contributed by atoms with E-state index in [1.165, 1.54) is 5.56 Å². The van der Waals surface area contributed by atoms with Gasteiger partial charge in [0.2, 0.25) is 0 Å². The lowest BCUT2D eigenvalue weighted by molar-refractivity contribution is -0.753. The molecular weight excluding hydrogens is 368 g/mol. The molecule has 29 heavy (non-hydrogen) atoms. The summed E-state index contributed by atoms with van der Waals surface area (Å²) in [5.74, 6) is 0.653. The quantitative estimate of drug-likeness (QED) is 0.403. The van der Waals surface area contributed by atoms with Gasteiger partial charge in [0.1, 0.15) is 11.4 Å². The molecule has 8 nitrogen and oxygen atoms in total. The van der Waals surface area contributed by atoms with E-state index in [1.807, 2.05) is 31.5 Å². The Hall–Kier alpha value is -3.42. The number of aryl methyl sites for hydroxylation is 5. The van der Waals surface area contributed by atoms with Crippen LogP contribution in [-0.2, 0) is 13.6 Å². The lowest BCUT2D eigenvalue weighted by Crippen LogP contribution is -2.38. The first-order valence-corrected chi connectivity index (χ1v) is 9.65. The van der Waals surface area contributed by atoms with E-state index in [-0.39, 0.29) is 5.91 Å². The number of carbonyl (C=O) groups excluding carboxylic acids is 1. The molecule has 0 spiro atoms. The van der Waals surface area contributed by atoms with Crippen LogP contribution in [0.25, 0.3) is 16.9 Å². The number of carbonyl (C=O) groups is 1. The molecule has 4 aromatic heterocycles. The Kier molecular flexibility index (Phi) is 4.92. The highest BCUT2D eigenvalue weighted by atomic mass is 16.5. The van der Waals surface area contributed by atoms with E-state index in [2.05, 4.69) is 44.1 Å². The van der Waals surface area contributed by atoms with Gasteiger partial charge in [-0.15, -0.1) is 4.68 Å². The third-order valence-electron chi connectivity index (χ3n) is 5.06. The van der Waals surface area contributed by atoms with Crippen LogP contribution in [0, 0.1) is 20.8 Å². The van der Waals surface area contributed by atoms with E-state index < -0.39 is 0 Å². The van der Waals surface area contributed by atoms with Crippen molar-refractivity contribution in [1.29, 1.82) is 0 Å². The molecule has 4 aromatic rings. The van der Waals surface area contributed by atoms with E-state index >= 15 is 0 Å². The van der Waals surface area contributed by atoms with Crippen molar-refractivity contribution in [2.45, 2.75) is 33.7 Å². The zero-order valence-electron chi connectivity index (χ0n) is 17.1. The lowest BCUT2D eigenvalue weighted by atomic mass is 10.1. The minimum atomic E-state index is -0.0950. The number of rotatable bonds is 6. The standard InChI is InChI=1S/C21H24N6O2/c1-14-12-25(4)26(13-14)8-5-7-22-21(28)17-6-9-27-18(11-23-19(27)10-17)20-15(2)24-29-16(20)3/h6,9-13H,5,7-8H2,1-4H3/p+1. The number of nitrogens with one attached hydrogen (secondary N) is 1. The molecule has 0 saturated carbocycles. The number of fused-ring (bicyclic) bond motifs is 1.